The van der Waals surface area contributed by atoms with Crippen LogP contribution in [0.5, 0.6) is 0 Å². The van der Waals surface area contributed by atoms with Crippen LogP contribution in [0.25, 0.3) is 0 Å². The zero-order valence-corrected chi connectivity index (χ0v) is 6.39. The van der Waals surface area contributed by atoms with Crippen molar-refractivity contribution in [2.24, 2.45) is 0 Å². The van der Waals surface area contributed by atoms with Gasteiger partial charge in [0.15, 0.2) is 0 Å². The maximum absolute atomic E-state index is 5.23. The SMILES string of the molecule is COB(C)C1CCCC1. The van der Waals surface area contributed by atoms with Gasteiger partial charge in [0.25, 0.3) is 6.92 Å². The first-order valence-corrected chi connectivity index (χ1v) is 3.87. The number of hydrogen-bond acceptors (Lipinski definition) is 1. The molecule has 0 unspecified atom stereocenters. The molecule has 1 nitrogen and oxygen atoms in total. The van der Waals surface area contributed by atoms with E-state index in [9.17, 15) is 0 Å². The highest BCUT2D eigenvalue weighted by molar-refractivity contribution is 6.52. The lowest BCUT2D eigenvalue weighted by molar-refractivity contribution is 0.411. The van der Waals surface area contributed by atoms with Crippen molar-refractivity contribution >= 4 is 6.92 Å². The van der Waals surface area contributed by atoms with Crippen molar-refractivity contribution in [1.29, 1.82) is 0 Å². The molecule has 0 N–H and O–H groups in total. The highest BCUT2D eigenvalue weighted by Gasteiger charge is 2.24. The topological polar surface area (TPSA) is 9.23 Å². The van der Waals surface area contributed by atoms with Gasteiger partial charge in [-0.05, 0) is 5.82 Å². The molecule has 0 radical (unpaired) electrons. The molecule has 0 aromatic rings. The first-order valence-electron chi connectivity index (χ1n) is 3.87. The largest absolute Gasteiger partial charge is 0.438 e. The van der Waals surface area contributed by atoms with Gasteiger partial charge in [0.05, 0.1) is 0 Å². The van der Waals surface area contributed by atoms with Gasteiger partial charge in [-0.2, -0.15) is 0 Å². The van der Waals surface area contributed by atoms with Gasteiger partial charge in [-0.15, -0.1) is 0 Å². The summed E-state index contributed by atoms with van der Waals surface area (Å²) in [6.45, 7) is 2.67. The van der Waals surface area contributed by atoms with Crippen molar-refractivity contribution in [3.8, 4) is 0 Å². The molecule has 0 aromatic carbocycles. The smallest absolute Gasteiger partial charge is 0.292 e. The Morgan fingerprint density at radius 3 is 2.33 bits per heavy atom. The van der Waals surface area contributed by atoms with Gasteiger partial charge < -0.3 is 4.65 Å². The average molecular weight is 126 g/mol. The quantitative estimate of drug-likeness (QED) is 0.515. The summed E-state index contributed by atoms with van der Waals surface area (Å²) in [4.78, 5) is 0. The highest BCUT2D eigenvalue weighted by atomic mass is 16.4. The highest BCUT2D eigenvalue weighted by Crippen LogP contribution is 2.32. The second-order valence-corrected chi connectivity index (χ2v) is 2.99. The molecular weight excluding hydrogens is 111 g/mol. The minimum Gasteiger partial charge on any atom is -0.438 e. The Hall–Kier alpha value is 0.0249. The van der Waals surface area contributed by atoms with Gasteiger partial charge in [-0.25, -0.2) is 0 Å². The predicted octanol–water partition coefficient (Wildman–Crippen LogP) is 2.20. The molecule has 0 aromatic heterocycles. The van der Waals surface area contributed by atoms with E-state index in [0.717, 1.165) is 5.82 Å². The van der Waals surface area contributed by atoms with Crippen molar-refractivity contribution < 1.29 is 4.65 Å². The molecule has 1 rings (SSSR count). The van der Waals surface area contributed by atoms with Crippen molar-refractivity contribution in [3.63, 3.8) is 0 Å². The number of hydrogen-bond donors (Lipinski definition) is 0. The second-order valence-electron chi connectivity index (χ2n) is 2.99. The van der Waals surface area contributed by atoms with Gasteiger partial charge in [0, 0.05) is 7.11 Å². The predicted molar refractivity (Wildman–Crippen MR) is 40.8 cm³/mol. The van der Waals surface area contributed by atoms with Crippen LogP contribution in [0.4, 0.5) is 0 Å². The second kappa shape index (κ2) is 3.26. The molecule has 0 aliphatic heterocycles. The molecule has 0 bridgehead atoms. The lowest BCUT2D eigenvalue weighted by Gasteiger charge is -2.11. The summed E-state index contributed by atoms with van der Waals surface area (Å²) in [5.74, 6) is 0.856. The zero-order chi connectivity index (χ0) is 6.69. The summed E-state index contributed by atoms with van der Waals surface area (Å²) in [7, 11) is 1.81. The van der Waals surface area contributed by atoms with Crippen molar-refractivity contribution in [2.45, 2.75) is 38.3 Å². The van der Waals surface area contributed by atoms with Crippen LogP contribution >= 0.6 is 0 Å². The normalized spacial score (nSPS) is 20.7. The Bertz CT molecular complexity index is 79.0. The van der Waals surface area contributed by atoms with E-state index in [4.69, 9.17) is 4.65 Å². The Labute approximate surface area is 57.9 Å². The Balaban J connectivity index is 2.24. The summed E-state index contributed by atoms with van der Waals surface area (Å²) in [6.07, 6.45) is 5.60. The molecule has 1 fully saturated rings. The summed E-state index contributed by atoms with van der Waals surface area (Å²) in [5, 5.41) is 0. The fraction of sp³-hybridized carbons (Fsp3) is 1.00. The first-order chi connectivity index (χ1) is 4.34. The van der Waals surface area contributed by atoms with E-state index in [0.29, 0.717) is 6.92 Å². The minimum absolute atomic E-state index is 0.493. The molecule has 0 amide bonds. The van der Waals surface area contributed by atoms with E-state index in [1.807, 2.05) is 7.11 Å². The van der Waals surface area contributed by atoms with E-state index in [2.05, 4.69) is 6.82 Å². The fourth-order valence-electron chi connectivity index (χ4n) is 1.62. The van der Waals surface area contributed by atoms with Crippen LogP contribution in [-0.4, -0.2) is 14.0 Å². The third-order valence-electron chi connectivity index (χ3n) is 2.44. The van der Waals surface area contributed by atoms with E-state index < -0.39 is 0 Å². The summed E-state index contributed by atoms with van der Waals surface area (Å²) >= 11 is 0. The van der Waals surface area contributed by atoms with Gasteiger partial charge in [-0.1, -0.05) is 32.5 Å². The molecule has 1 aliphatic carbocycles. The zero-order valence-electron chi connectivity index (χ0n) is 6.39. The molecule has 2 heteroatoms. The average Bonchev–Trinajstić information content (AvgIpc) is 2.37. The Kier molecular flexibility index (Phi) is 2.58. The summed E-state index contributed by atoms with van der Waals surface area (Å²) in [6, 6.07) is 0. The lowest BCUT2D eigenvalue weighted by Crippen LogP contribution is -2.16. The third kappa shape index (κ3) is 1.72. The minimum atomic E-state index is 0.493. The number of rotatable bonds is 2. The third-order valence-corrected chi connectivity index (χ3v) is 2.44. The van der Waals surface area contributed by atoms with Crippen LogP contribution in [0.15, 0.2) is 0 Å². The van der Waals surface area contributed by atoms with Gasteiger partial charge in [-0.3, -0.25) is 0 Å². The molecule has 0 spiro atoms. The summed E-state index contributed by atoms with van der Waals surface area (Å²) in [5.41, 5.74) is 0. The molecule has 52 valence electrons. The van der Waals surface area contributed by atoms with Crippen LogP contribution in [0.1, 0.15) is 25.7 Å². The molecule has 0 heterocycles. The molecular formula is C7H15BO. The molecule has 0 atom stereocenters. The first kappa shape index (κ1) is 7.14. The van der Waals surface area contributed by atoms with E-state index in [1.165, 1.54) is 25.7 Å². The molecule has 1 saturated carbocycles. The van der Waals surface area contributed by atoms with Crippen LogP contribution in [0.3, 0.4) is 0 Å². The summed E-state index contributed by atoms with van der Waals surface area (Å²) < 4.78 is 5.23. The van der Waals surface area contributed by atoms with Crippen molar-refractivity contribution in [2.75, 3.05) is 7.11 Å². The molecule has 0 saturated heterocycles. The van der Waals surface area contributed by atoms with Crippen molar-refractivity contribution in [3.05, 3.63) is 0 Å². The fourth-order valence-corrected chi connectivity index (χ4v) is 1.62. The standard InChI is InChI=1S/C7H15BO/c1-8(9-2)7-5-3-4-6-7/h7H,3-6H2,1-2H3. The maximum Gasteiger partial charge on any atom is 0.292 e. The van der Waals surface area contributed by atoms with Crippen LogP contribution < -0.4 is 0 Å². The Morgan fingerprint density at radius 1 is 1.33 bits per heavy atom. The van der Waals surface area contributed by atoms with Crippen LogP contribution in [0.2, 0.25) is 12.6 Å². The Morgan fingerprint density at radius 2 is 1.89 bits per heavy atom. The van der Waals surface area contributed by atoms with Gasteiger partial charge >= 0.3 is 0 Å². The van der Waals surface area contributed by atoms with E-state index in [1.54, 1.807) is 0 Å². The van der Waals surface area contributed by atoms with Crippen molar-refractivity contribution in [1.82, 2.24) is 0 Å². The monoisotopic (exact) mass is 126 g/mol. The maximum atomic E-state index is 5.23. The van der Waals surface area contributed by atoms with Crippen LogP contribution in [0, 0.1) is 0 Å². The van der Waals surface area contributed by atoms with Gasteiger partial charge in [0.2, 0.25) is 0 Å². The van der Waals surface area contributed by atoms with Crippen LogP contribution in [-0.2, 0) is 4.65 Å². The lowest BCUT2D eigenvalue weighted by atomic mass is 9.57. The van der Waals surface area contributed by atoms with E-state index in [-0.39, 0.29) is 0 Å². The van der Waals surface area contributed by atoms with Gasteiger partial charge in [0.1, 0.15) is 0 Å². The molecule has 1 aliphatic rings. The van der Waals surface area contributed by atoms with E-state index >= 15 is 0 Å². The molecule has 9 heavy (non-hydrogen) atoms.